The number of azo groups is 1. The third-order valence-corrected chi connectivity index (χ3v) is 5.56. The van der Waals surface area contributed by atoms with Gasteiger partial charge in [0.05, 0.1) is 30.8 Å². The number of carbonyl (C=O) groups is 3. The Bertz CT molecular complexity index is 1430. The number of hydrogen-bond donors (Lipinski definition) is 4. The third-order valence-electron chi connectivity index (χ3n) is 5.56. The van der Waals surface area contributed by atoms with Crippen LogP contribution in [-0.2, 0) is 14.3 Å². The van der Waals surface area contributed by atoms with Crippen molar-refractivity contribution in [3.05, 3.63) is 59.3 Å². The molecule has 2 heterocycles. The minimum Gasteiger partial charge on any atom is -0.493 e. The molecule has 0 bridgehead atoms. The monoisotopic (exact) mass is 507 g/mol. The number of urea groups is 1. The molecule has 0 spiro atoms. The van der Waals surface area contributed by atoms with E-state index in [0.717, 1.165) is 0 Å². The van der Waals surface area contributed by atoms with Crippen LogP contribution in [0.25, 0.3) is 10.9 Å². The van der Waals surface area contributed by atoms with Gasteiger partial charge in [-0.25, -0.2) is 9.59 Å². The molecule has 0 aliphatic carbocycles. The number of allylic oxidation sites excluding steroid dienone is 1. The van der Waals surface area contributed by atoms with Gasteiger partial charge in [0, 0.05) is 11.1 Å². The number of benzene rings is 2. The molecule has 0 unspecified atom stereocenters. The van der Waals surface area contributed by atoms with Gasteiger partial charge in [0.2, 0.25) is 5.88 Å². The van der Waals surface area contributed by atoms with Gasteiger partial charge in [-0.3, -0.25) is 4.79 Å². The molecule has 192 valence electrons. The lowest BCUT2D eigenvalue weighted by molar-refractivity contribution is -0.139. The van der Waals surface area contributed by atoms with E-state index in [2.05, 4.69) is 25.8 Å². The Morgan fingerprint density at radius 3 is 2.68 bits per heavy atom. The van der Waals surface area contributed by atoms with Crippen molar-refractivity contribution >= 4 is 34.5 Å². The number of amides is 3. The molecule has 1 aliphatic heterocycles. The molecule has 12 heteroatoms. The highest BCUT2D eigenvalue weighted by atomic mass is 16.5. The number of aromatic hydroxyl groups is 1. The van der Waals surface area contributed by atoms with Crippen LogP contribution in [0.2, 0.25) is 0 Å². The van der Waals surface area contributed by atoms with Gasteiger partial charge in [0.15, 0.2) is 23.8 Å². The van der Waals surface area contributed by atoms with Gasteiger partial charge < -0.3 is 34.9 Å². The molecule has 1 atom stereocenters. The average Bonchev–Trinajstić information content (AvgIpc) is 3.20. The van der Waals surface area contributed by atoms with E-state index < -0.39 is 30.6 Å². The van der Waals surface area contributed by atoms with E-state index in [1.54, 1.807) is 56.3 Å². The van der Waals surface area contributed by atoms with Gasteiger partial charge in [0.25, 0.3) is 0 Å². The predicted octanol–water partition coefficient (Wildman–Crippen LogP) is 3.76. The van der Waals surface area contributed by atoms with Crippen molar-refractivity contribution < 1.29 is 33.7 Å². The van der Waals surface area contributed by atoms with Crippen molar-refractivity contribution in [1.82, 2.24) is 15.6 Å². The summed E-state index contributed by atoms with van der Waals surface area (Å²) < 4.78 is 16.1. The van der Waals surface area contributed by atoms with Crippen molar-refractivity contribution in [2.75, 3.05) is 20.3 Å². The number of nitrogens with zero attached hydrogens (tertiary/aromatic N) is 2. The maximum absolute atomic E-state index is 12.5. The van der Waals surface area contributed by atoms with Gasteiger partial charge in [-0.15, -0.1) is 10.2 Å². The number of aromatic nitrogens is 1. The summed E-state index contributed by atoms with van der Waals surface area (Å²) in [5.41, 5.74) is 1.98. The Hall–Kier alpha value is -4.87. The van der Waals surface area contributed by atoms with Crippen LogP contribution in [0.4, 0.5) is 10.5 Å². The second-order valence-corrected chi connectivity index (χ2v) is 7.95. The van der Waals surface area contributed by atoms with E-state index in [-0.39, 0.29) is 35.2 Å². The van der Waals surface area contributed by atoms with E-state index in [9.17, 15) is 19.5 Å². The number of H-pyrrole nitrogens is 1. The molecule has 0 saturated carbocycles. The largest absolute Gasteiger partial charge is 0.493 e. The number of hydrogen-bond acceptors (Lipinski definition) is 8. The van der Waals surface area contributed by atoms with Gasteiger partial charge in [0.1, 0.15) is 0 Å². The van der Waals surface area contributed by atoms with E-state index in [1.807, 2.05) is 0 Å². The number of ether oxygens (including phenoxy) is 3. The molecule has 37 heavy (non-hydrogen) atoms. The molecule has 1 aromatic heterocycles. The topological polar surface area (TPSA) is 164 Å². The predicted molar refractivity (Wildman–Crippen MR) is 132 cm³/mol. The molecule has 0 saturated heterocycles. The van der Waals surface area contributed by atoms with Crippen LogP contribution < -0.4 is 20.1 Å². The second-order valence-electron chi connectivity index (χ2n) is 7.95. The molecule has 3 aromatic rings. The van der Waals surface area contributed by atoms with Gasteiger partial charge >= 0.3 is 17.9 Å². The molecular weight excluding hydrogens is 482 g/mol. The fourth-order valence-corrected chi connectivity index (χ4v) is 3.89. The zero-order valence-corrected chi connectivity index (χ0v) is 20.3. The number of rotatable bonds is 8. The highest BCUT2D eigenvalue weighted by Crippen LogP contribution is 2.36. The van der Waals surface area contributed by atoms with Crippen LogP contribution in [0.15, 0.2) is 64.0 Å². The van der Waals surface area contributed by atoms with Crippen LogP contribution in [0.1, 0.15) is 25.5 Å². The highest BCUT2D eigenvalue weighted by molar-refractivity contribution is 5.95. The van der Waals surface area contributed by atoms with E-state index in [4.69, 9.17) is 14.2 Å². The minimum atomic E-state index is -0.782. The van der Waals surface area contributed by atoms with Crippen LogP contribution in [0.5, 0.6) is 17.4 Å². The number of nitrogens with one attached hydrogen (secondary N) is 3. The number of methoxy groups -OCH3 is 1. The second kappa shape index (κ2) is 10.8. The lowest BCUT2D eigenvalue weighted by Gasteiger charge is -2.28. The normalized spacial score (nSPS) is 15.4. The fourth-order valence-electron chi connectivity index (χ4n) is 3.89. The number of esters is 1. The number of carbonyl (C=O) groups excluding carboxylic acids is 3. The van der Waals surface area contributed by atoms with Crippen molar-refractivity contribution in [3.8, 4) is 17.4 Å². The molecule has 3 amide bonds. The first-order valence-corrected chi connectivity index (χ1v) is 11.3. The molecule has 4 rings (SSSR count). The third kappa shape index (κ3) is 5.37. The average molecular weight is 508 g/mol. The lowest BCUT2D eigenvalue weighted by Crippen LogP contribution is -2.45. The van der Waals surface area contributed by atoms with Crippen molar-refractivity contribution in [3.63, 3.8) is 0 Å². The molecule has 0 radical (unpaired) electrons. The first-order valence-electron chi connectivity index (χ1n) is 11.3. The Balaban J connectivity index is 1.50. The summed E-state index contributed by atoms with van der Waals surface area (Å²) in [6, 6.07) is 10.6. The molecule has 0 fully saturated rings. The summed E-state index contributed by atoms with van der Waals surface area (Å²) in [6.45, 7) is 3.04. The lowest BCUT2D eigenvalue weighted by atomic mass is 9.95. The number of para-hydroxylation sites is 1. The van der Waals surface area contributed by atoms with Crippen molar-refractivity contribution in [2.45, 2.75) is 19.9 Å². The summed E-state index contributed by atoms with van der Waals surface area (Å²) in [6.07, 6.45) is 0. The molecule has 12 nitrogen and oxygen atoms in total. The minimum absolute atomic E-state index is 0.149. The van der Waals surface area contributed by atoms with Crippen LogP contribution in [0.3, 0.4) is 0 Å². The van der Waals surface area contributed by atoms with Crippen LogP contribution in [-0.4, -0.2) is 48.3 Å². The Morgan fingerprint density at radius 1 is 1.14 bits per heavy atom. The van der Waals surface area contributed by atoms with Crippen LogP contribution in [0, 0.1) is 0 Å². The van der Waals surface area contributed by atoms with E-state index in [1.165, 1.54) is 7.11 Å². The zero-order chi connectivity index (χ0) is 26.5. The van der Waals surface area contributed by atoms with Crippen molar-refractivity contribution in [1.29, 1.82) is 0 Å². The summed E-state index contributed by atoms with van der Waals surface area (Å²) in [4.78, 5) is 39.7. The van der Waals surface area contributed by atoms with Crippen molar-refractivity contribution in [2.24, 2.45) is 10.2 Å². The maximum atomic E-state index is 12.5. The van der Waals surface area contributed by atoms with Gasteiger partial charge in [-0.1, -0.05) is 24.3 Å². The first kappa shape index (κ1) is 25.2. The highest BCUT2D eigenvalue weighted by Gasteiger charge is 2.32. The number of fused-ring (bicyclic) bond motifs is 1. The standard InChI is InChI=1S/C25H25N5O7/c1-4-36-24(33)20-13(2)26-25(34)28-21(20)14-9-10-17(18(11-14)35-3)37-12-19(31)29-30-22-15-7-5-6-8-16(15)27-23(22)32/h5-11,21,27,32H,4,12H2,1-3H3,(H2,26,28,34)/t21-/m0/s1. The molecular formula is C25H25N5O7. The molecule has 4 N–H and O–H groups in total. The Kier molecular flexibility index (Phi) is 7.37. The summed E-state index contributed by atoms with van der Waals surface area (Å²) >= 11 is 0. The number of aromatic amines is 1. The zero-order valence-electron chi connectivity index (χ0n) is 20.3. The molecule has 1 aliphatic rings. The fraction of sp³-hybridized carbons (Fsp3) is 0.240. The molecule has 2 aromatic carbocycles. The van der Waals surface area contributed by atoms with Gasteiger partial charge in [-0.05, 0) is 37.6 Å². The maximum Gasteiger partial charge on any atom is 0.338 e. The Morgan fingerprint density at radius 2 is 1.92 bits per heavy atom. The Labute approximate surface area is 211 Å². The quantitative estimate of drug-likeness (QED) is 0.266. The SMILES string of the molecule is CCOC(=O)C1=C(C)NC(=O)N[C@H]1c1ccc(OCC(=O)N=Nc2c(O)[nH]c3ccccc23)c(OC)c1. The van der Waals surface area contributed by atoms with Crippen LogP contribution >= 0.6 is 0 Å². The first-order chi connectivity index (χ1) is 17.8. The van der Waals surface area contributed by atoms with E-state index >= 15 is 0 Å². The summed E-state index contributed by atoms with van der Waals surface area (Å²) in [5, 5.41) is 23.4. The summed E-state index contributed by atoms with van der Waals surface area (Å²) in [7, 11) is 1.42. The van der Waals surface area contributed by atoms with E-state index in [0.29, 0.717) is 22.2 Å². The summed E-state index contributed by atoms with van der Waals surface area (Å²) in [5.74, 6) is -0.945. The smallest absolute Gasteiger partial charge is 0.338 e. The van der Waals surface area contributed by atoms with Gasteiger partial charge in [-0.2, -0.15) is 0 Å².